The summed E-state index contributed by atoms with van der Waals surface area (Å²) in [6.07, 6.45) is 0. The summed E-state index contributed by atoms with van der Waals surface area (Å²) < 4.78 is 11.6. The topological polar surface area (TPSA) is 79.1 Å². The maximum absolute atomic E-state index is 11.8. The lowest BCUT2D eigenvalue weighted by Crippen LogP contribution is -2.10. The number of carbonyl (C=O) groups excluding carboxylic acids is 1. The average molecular weight is 250 g/mol. The molecule has 2 rings (SSSR count). The van der Waals surface area contributed by atoms with Gasteiger partial charge in [-0.15, -0.1) is 5.10 Å². The van der Waals surface area contributed by atoms with E-state index < -0.39 is 5.97 Å². The van der Waals surface area contributed by atoms with Gasteiger partial charge in [-0.1, -0.05) is 5.21 Å². The number of aromatic nitrogens is 4. The van der Waals surface area contributed by atoms with Crippen molar-refractivity contribution in [2.75, 3.05) is 14.2 Å². The van der Waals surface area contributed by atoms with Gasteiger partial charge in [0.15, 0.2) is 5.52 Å². The fraction of sp³-hybridized carbons (Fsp3) is 0.455. The van der Waals surface area contributed by atoms with Gasteiger partial charge in [-0.3, -0.25) is 0 Å². The molecular weight excluding hydrogens is 236 g/mol. The number of nitrogens with zero attached hydrogens (tertiary/aromatic N) is 4. The van der Waals surface area contributed by atoms with Crippen LogP contribution < -0.4 is 4.74 Å². The monoisotopic (exact) mass is 250 g/mol. The number of pyridine rings is 1. The average Bonchev–Trinajstić information content (AvgIpc) is 2.80. The number of hydrogen-bond acceptors (Lipinski definition) is 6. The van der Waals surface area contributed by atoms with E-state index in [9.17, 15) is 4.79 Å². The lowest BCUT2D eigenvalue weighted by atomic mass is 10.1. The second-order valence-corrected chi connectivity index (χ2v) is 3.68. The summed E-state index contributed by atoms with van der Waals surface area (Å²) in [4.78, 5) is 16.0. The fourth-order valence-electron chi connectivity index (χ4n) is 1.85. The summed E-state index contributed by atoms with van der Waals surface area (Å²) in [5.41, 5.74) is 1.96. The van der Waals surface area contributed by atoms with E-state index >= 15 is 0 Å². The molecule has 0 aliphatic heterocycles. The number of aryl methyl sites for hydroxylation is 2. The molecule has 18 heavy (non-hydrogen) atoms. The van der Waals surface area contributed by atoms with Gasteiger partial charge in [-0.2, -0.15) is 0 Å². The quantitative estimate of drug-likeness (QED) is 0.754. The van der Waals surface area contributed by atoms with Crippen molar-refractivity contribution in [1.29, 1.82) is 0 Å². The van der Waals surface area contributed by atoms with Crippen molar-refractivity contribution >= 4 is 17.0 Å². The molecule has 0 saturated heterocycles. The molecule has 0 bridgehead atoms. The van der Waals surface area contributed by atoms with E-state index in [1.165, 1.54) is 14.2 Å². The molecule has 2 aromatic rings. The fourth-order valence-corrected chi connectivity index (χ4v) is 1.85. The maximum Gasteiger partial charge on any atom is 0.342 e. The van der Waals surface area contributed by atoms with Crippen molar-refractivity contribution in [1.82, 2.24) is 20.0 Å². The zero-order valence-electron chi connectivity index (χ0n) is 10.7. The summed E-state index contributed by atoms with van der Waals surface area (Å²) in [6.45, 7) is 4.23. The second-order valence-electron chi connectivity index (χ2n) is 3.68. The van der Waals surface area contributed by atoms with Crippen LogP contribution in [0.15, 0.2) is 0 Å². The Labute approximate surface area is 104 Å². The van der Waals surface area contributed by atoms with Crippen LogP contribution >= 0.6 is 0 Å². The first-order chi connectivity index (χ1) is 8.63. The highest BCUT2D eigenvalue weighted by molar-refractivity contribution is 6.03. The third kappa shape index (κ3) is 1.68. The molecule has 0 N–H and O–H groups in total. The standard InChI is InChI=1S/C11H14N4O3/c1-5-15-9-7(11(16)18-4)6(2)12-10(17-3)8(9)13-14-15/h5H2,1-4H3. The summed E-state index contributed by atoms with van der Waals surface area (Å²) in [5, 5.41) is 7.98. The normalized spacial score (nSPS) is 10.7. The Morgan fingerprint density at radius 2 is 2.11 bits per heavy atom. The molecule has 2 aromatic heterocycles. The predicted octanol–water partition coefficient (Wildman–Crippen LogP) is 0.950. The van der Waals surface area contributed by atoms with Crippen LogP contribution in [-0.2, 0) is 11.3 Å². The van der Waals surface area contributed by atoms with Crippen LogP contribution in [0.2, 0.25) is 0 Å². The van der Waals surface area contributed by atoms with E-state index in [0.29, 0.717) is 34.7 Å². The molecule has 0 fully saturated rings. The molecule has 2 heterocycles. The van der Waals surface area contributed by atoms with Crippen LogP contribution in [0.3, 0.4) is 0 Å². The minimum absolute atomic E-state index is 0.356. The van der Waals surface area contributed by atoms with Gasteiger partial charge in [0.25, 0.3) is 0 Å². The molecule has 0 amide bonds. The molecule has 0 saturated carbocycles. The van der Waals surface area contributed by atoms with Crippen molar-refractivity contribution in [2.24, 2.45) is 0 Å². The lowest BCUT2D eigenvalue weighted by Gasteiger charge is -2.08. The summed E-state index contributed by atoms with van der Waals surface area (Å²) >= 11 is 0. The first-order valence-corrected chi connectivity index (χ1v) is 5.50. The number of rotatable bonds is 3. The summed E-state index contributed by atoms with van der Waals surface area (Å²) in [7, 11) is 2.84. The molecule has 96 valence electrons. The number of methoxy groups -OCH3 is 2. The zero-order valence-corrected chi connectivity index (χ0v) is 10.7. The molecular formula is C11H14N4O3. The highest BCUT2D eigenvalue weighted by Gasteiger charge is 2.23. The largest absolute Gasteiger partial charge is 0.479 e. The SMILES string of the molecule is CCn1nnc2c(OC)nc(C)c(C(=O)OC)c21. The van der Waals surface area contributed by atoms with Gasteiger partial charge < -0.3 is 9.47 Å². The minimum Gasteiger partial charge on any atom is -0.479 e. The molecule has 7 heteroatoms. The van der Waals surface area contributed by atoms with E-state index in [-0.39, 0.29) is 0 Å². The van der Waals surface area contributed by atoms with Crippen molar-refractivity contribution in [3.63, 3.8) is 0 Å². The predicted molar refractivity (Wildman–Crippen MR) is 63.6 cm³/mol. The van der Waals surface area contributed by atoms with Crippen LogP contribution in [0.1, 0.15) is 23.0 Å². The Kier molecular flexibility index (Phi) is 3.14. The molecule has 0 unspecified atom stereocenters. The van der Waals surface area contributed by atoms with E-state index in [1.807, 2.05) is 6.92 Å². The molecule has 0 atom stereocenters. The highest BCUT2D eigenvalue weighted by Crippen LogP contribution is 2.27. The smallest absolute Gasteiger partial charge is 0.342 e. The van der Waals surface area contributed by atoms with Crippen LogP contribution in [0.25, 0.3) is 11.0 Å². The van der Waals surface area contributed by atoms with Gasteiger partial charge in [0.2, 0.25) is 5.88 Å². The van der Waals surface area contributed by atoms with Gasteiger partial charge >= 0.3 is 5.97 Å². The number of ether oxygens (including phenoxy) is 2. The van der Waals surface area contributed by atoms with E-state index in [0.717, 1.165) is 0 Å². The van der Waals surface area contributed by atoms with Gasteiger partial charge in [0, 0.05) is 6.54 Å². The van der Waals surface area contributed by atoms with Crippen LogP contribution in [-0.4, -0.2) is 40.2 Å². The Bertz CT molecular complexity index is 606. The van der Waals surface area contributed by atoms with E-state index in [2.05, 4.69) is 15.3 Å². The Morgan fingerprint density at radius 1 is 1.39 bits per heavy atom. The van der Waals surface area contributed by atoms with Crippen LogP contribution in [0, 0.1) is 6.92 Å². The maximum atomic E-state index is 11.8. The Morgan fingerprint density at radius 3 is 2.67 bits per heavy atom. The molecule has 0 aliphatic rings. The van der Waals surface area contributed by atoms with Gasteiger partial charge in [-0.05, 0) is 13.8 Å². The Balaban J connectivity index is 2.87. The molecule has 7 nitrogen and oxygen atoms in total. The minimum atomic E-state index is -0.454. The van der Waals surface area contributed by atoms with E-state index in [1.54, 1.807) is 11.6 Å². The number of carbonyl (C=O) groups is 1. The van der Waals surface area contributed by atoms with Crippen molar-refractivity contribution in [3.05, 3.63) is 11.3 Å². The number of fused-ring (bicyclic) bond motifs is 1. The van der Waals surface area contributed by atoms with Crippen LogP contribution in [0.5, 0.6) is 5.88 Å². The number of hydrogen-bond donors (Lipinski definition) is 0. The van der Waals surface area contributed by atoms with Gasteiger partial charge in [0.1, 0.15) is 11.1 Å². The third-order valence-corrected chi connectivity index (χ3v) is 2.69. The van der Waals surface area contributed by atoms with Gasteiger partial charge in [-0.25, -0.2) is 14.5 Å². The first-order valence-electron chi connectivity index (χ1n) is 5.50. The summed E-state index contributed by atoms with van der Waals surface area (Å²) in [5.74, 6) is -0.0977. The third-order valence-electron chi connectivity index (χ3n) is 2.69. The van der Waals surface area contributed by atoms with Crippen molar-refractivity contribution in [3.8, 4) is 5.88 Å². The molecule has 0 spiro atoms. The van der Waals surface area contributed by atoms with E-state index in [4.69, 9.17) is 9.47 Å². The van der Waals surface area contributed by atoms with Crippen LogP contribution in [0.4, 0.5) is 0 Å². The molecule has 0 radical (unpaired) electrons. The lowest BCUT2D eigenvalue weighted by molar-refractivity contribution is 0.0601. The second kappa shape index (κ2) is 4.59. The molecule has 0 aromatic carbocycles. The Hall–Kier alpha value is -2.18. The van der Waals surface area contributed by atoms with Crippen molar-refractivity contribution < 1.29 is 14.3 Å². The number of esters is 1. The van der Waals surface area contributed by atoms with Crippen molar-refractivity contribution in [2.45, 2.75) is 20.4 Å². The summed E-state index contributed by atoms with van der Waals surface area (Å²) in [6, 6.07) is 0. The zero-order chi connectivity index (χ0) is 13.3. The highest BCUT2D eigenvalue weighted by atomic mass is 16.5. The van der Waals surface area contributed by atoms with Gasteiger partial charge in [0.05, 0.1) is 19.9 Å². The first kappa shape index (κ1) is 12.3. The molecule has 0 aliphatic carbocycles.